The first kappa shape index (κ1) is 24.5. The van der Waals surface area contributed by atoms with Crippen LogP contribution in [-0.4, -0.2) is 32.1 Å². The number of nitrogens with zero attached hydrogens (tertiary/aromatic N) is 1. The third-order valence-electron chi connectivity index (χ3n) is 5.85. The molecule has 0 atom stereocenters. The maximum absolute atomic E-state index is 11.9. The van der Waals surface area contributed by atoms with Gasteiger partial charge in [-0.1, -0.05) is 81.4 Å². The molecule has 0 aliphatic heterocycles. The Hall–Kier alpha value is -3.16. The van der Waals surface area contributed by atoms with Gasteiger partial charge in [-0.2, -0.15) is 0 Å². The Kier molecular flexibility index (Phi) is 7.56. The Balaban J connectivity index is 2.28. The van der Waals surface area contributed by atoms with E-state index in [1.165, 1.54) is 13.2 Å². The minimum Gasteiger partial charge on any atom is -0.531 e. The summed E-state index contributed by atoms with van der Waals surface area (Å²) in [6, 6.07) is 23.3. The molecule has 3 aromatic carbocycles. The Labute approximate surface area is 196 Å². The molecule has 0 aromatic heterocycles. The number of methoxy groups -OCH3 is 1. The Morgan fingerprint density at radius 2 is 1.48 bits per heavy atom. The summed E-state index contributed by atoms with van der Waals surface area (Å²) in [5.74, 6) is 0.799. The first-order chi connectivity index (χ1) is 15.7. The molecule has 3 aromatic rings. The van der Waals surface area contributed by atoms with Gasteiger partial charge in [0.25, 0.3) is 5.69 Å². The Morgan fingerprint density at radius 1 is 0.939 bits per heavy atom. The summed E-state index contributed by atoms with van der Waals surface area (Å²) in [5, 5.41) is 22.9. The number of hydrogen-bond donors (Lipinski definition) is 1. The van der Waals surface area contributed by atoms with Gasteiger partial charge in [0.2, 0.25) is 0 Å². The number of nitro benzene ring substituents is 1. The number of nitro groups is 1. The molecule has 0 fully saturated rings. The quantitative estimate of drug-likeness (QED) is 0.286. The molecule has 33 heavy (non-hydrogen) atoms. The lowest BCUT2D eigenvalue weighted by Gasteiger charge is -2.43. The normalized spacial score (nSPS) is 11.8. The predicted molar refractivity (Wildman–Crippen MR) is 133 cm³/mol. The van der Waals surface area contributed by atoms with Gasteiger partial charge in [0.15, 0.2) is 11.5 Å². The molecule has 6 nitrogen and oxygen atoms in total. The summed E-state index contributed by atoms with van der Waals surface area (Å²) < 4.78 is 12.6. The van der Waals surface area contributed by atoms with E-state index in [1.807, 2.05) is 36.4 Å². The summed E-state index contributed by atoms with van der Waals surface area (Å²) in [6.07, 6.45) is 0.807. The molecule has 0 bridgehead atoms. The summed E-state index contributed by atoms with van der Waals surface area (Å²) in [4.78, 5) is 11.5. The van der Waals surface area contributed by atoms with E-state index < -0.39 is 13.2 Å². The van der Waals surface area contributed by atoms with Crippen LogP contribution in [0.3, 0.4) is 0 Å². The number of aliphatic hydroxyl groups excluding tert-OH is 1. The lowest BCUT2D eigenvalue weighted by atomic mass is 10.1. The van der Waals surface area contributed by atoms with Crippen molar-refractivity contribution in [2.75, 3.05) is 13.7 Å². The van der Waals surface area contributed by atoms with Gasteiger partial charge >= 0.3 is 8.32 Å². The third kappa shape index (κ3) is 4.94. The smallest absolute Gasteiger partial charge is 0.320 e. The van der Waals surface area contributed by atoms with Gasteiger partial charge in [-0.05, 0) is 34.3 Å². The third-order valence-corrected chi connectivity index (χ3v) is 10.8. The van der Waals surface area contributed by atoms with Crippen LogP contribution in [0, 0.1) is 10.1 Å². The lowest BCUT2D eigenvalue weighted by Crippen LogP contribution is -2.68. The van der Waals surface area contributed by atoms with Crippen LogP contribution >= 0.6 is 0 Å². The zero-order valence-corrected chi connectivity index (χ0v) is 20.6. The zero-order chi connectivity index (χ0) is 24.1. The topological polar surface area (TPSA) is 81.8 Å². The van der Waals surface area contributed by atoms with Gasteiger partial charge in [0.1, 0.15) is 0 Å². The van der Waals surface area contributed by atoms with Crippen LogP contribution in [0.15, 0.2) is 72.8 Å². The molecule has 7 heteroatoms. The maximum Gasteiger partial charge on any atom is 0.320 e. The highest BCUT2D eigenvalue weighted by Crippen LogP contribution is 2.42. The monoisotopic (exact) mass is 465 g/mol. The fraction of sp³-hybridized carbons (Fsp3) is 0.308. The summed E-state index contributed by atoms with van der Waals surface area (Å²) in [5.41, 5.74) is 0.484. The molecular formula is C26H31NO5Si. The molecule has 3 rings (SSSR count). The Morgan fingerprint density at radius 3 is 1.91 bits per heavy atom. The van der Waals surface area contributed by atoms with Crippen molar-refractivity contribution in [3.8, 4) is 11.5 Å². The average Bonchev–Trinajstić information content (AvgIpc) is 2.81. The van der Waals surface area contributed by atoms with Crippen molar-refractivity contribution in [2.24, 2.45) is 0 Å². The van der Waals surface area contributed by atoms with Crippen LogP contribution in [0.2, 0.25) is 5.04 Å². The summed E-state index contributed by atoms with van der Waals surface area (Å²) in [7, 11) is -1.44. The van der Waals surface area contributed by atoms with Crippen LogP contribution in [0.1, 0.15) is 32.8 Å². The van der Waals surface area contributed by atoms with Crippen molar-refractivity contribution in [2.45, 2.75) is 38.7 Å². The molecule has 0 aliphatic rings. The number of rotatable bonds is 9. The van der Waals surface area contributed by atoms with Crippen LogP contribution < -0.4 is 19.5 Å². The Bertz CT molecular complexity index is 1040. The standard InChI is InChI=1S/C26H31NO5Si/c1-26(2,3)33(21-13-7-5-8-14-21,22-15-9-6-10-16-22)32-25-19-23(27(29)30)20(12-11-17-28)18-24(25)31-4/h5-10,13-16,18-19,28H,11-12,17H2,1-4H3. The number of hydrogen-bond acceptors (Lipinski definition) is 5. The molecule has 0 spiro atoms. The zero-order valence-electron chi connectivity index (χ0n) is 19.6. The highest BCUT2D eigenvalue weighted by atomic mass is 28.4. The molecule has 0 amide bonds. The van der Waals surface area contributed by atoms with E-state index in [9.17, 15) is 15.2 Å². The van der Waals surface area contributed by atoms with E-state index in [-0.39, 0.29) is 17.3 Å². The molecule has 0 unspecified atom stereocenters. The second-order valence-electron chi connectivity index (χ2n) is 8.98. The number of aliphatic hydroxyl groups is 1. The van der Waals surface area contributed by atoms with Crippen LogP contribution in [0.4, 0.5) is 5.69 Å². The van der Waals surface area contributed by atoms with Crippen molar-refractivity contribution < 1.29 is 19.2 Å². The largest absolute Gasteiger partial charge is 0.531 e. The molecule has 0 saturated heterocycles. The molecule has 0 saturated carbocycles. The SMILES string of the molecule is COc1cc(CCCO)c([N+](=O)[O-])cc1O[Si](c1ccccc1)(c1ccccc1)C(C)(C)C. The van der Waals surface area contributed by atoms with Gasteiger partial charge in [-0.15, -0.1) is 0 Å². The highest BCUT2D eigenvalue weighted by Gasteiger charge is 2.52. The fourth-order valence-corrected chi connectivity index (χ4v) is 8.70. The molecule has 0 radical (unpaired) electrons. The molecule has 174 valence electrons. The molecular weight excluding hydrogens is 434 g/mol. The van der Waals surface area contributed by atoms with Gasteiger partial charge in [0, 0.05) is 12.2 Å². The molecule has 1 N–H and O–H groups in total. The van der Waals surface area contributed by atoms with Gasteiger partial charge in [-0.3, -0.25) is 10.1 Å². The van der Waals surface area contributed by atoms with E-state index in [0.717, 1.165) is 10.4 Å². The summed E-state index contributed by atoms with van der Waals surface area (Å²) in [6.45, 7) is 6.40. The molecule has 0 aliphatic carbocycles. The van der Waals surface area contributed by atoms with E-state index in [0.29, 0.717) is 29.9 Å². The summed E-state index contributed by atoms with van der Waals surface area (Å²) >= 11 is 0. The van der Waals surface area contributed by atoms with Crippen molar-refractivity contribution in [3.63, 3.8) is 0 Å². The first-order valence-corrected chi connectivity index (χ1v) is 12.9. The maximum atomic E-state index is 11.9. The van der Waals surface area contributed by atoms with Crippen LogP contribution in [0.25, 0.3) is 0 Å². The predicted octanol–water partition coefficient (Wildman–Crippen LogP) is 4.47. The molecule has 0 heterocycles. The minimum absolute atomic E-state index is 0.0304. The van der Waals surface area contributed by atoms with E-state index in [2.05, 4.69) is 45.0 Å². The lowest BCUT2D eigenvalue weighted by molar-refractivity contribution is -0.385. The average molecular weight is 466 g/mol. The fourth-order valence-electron chi connectivity index (χ4n) is 4.28. The van der Waals surface area contributed by atoms with E-state index in [1.54, 1.807) is 6.07 Å². The van der Waals surface area contributed by atoms with Crippen LogP contribution in [-0.2, 0) is 6.42 Å². The van der Waals surface area contributed by atoms with Crippen molar-refractivity contribution in [1.82, 2.24) is 0 Å². The second kappa shape index (κ2) is 10.2. The minimum atomic E-state index is -2.98. The van der Waals surface area contributed by atoms with Crippen LogP contribution in [0.5, 0.6) is 11.5 Å². The second-order valence-corrected chi connectivity index (χ2v) is 13.2. The number of benzene rings is 3. The first-order valence-electron chi connectivity index (χ1n) is 11.0. The van der Waals surface area contributed by atoms with E-state index >= 15 is 0 Å². The van der Waals surface area contributed by atoms with Crippen molar-refractivity contribution in [3.05, 3.63) is 88.5 Å². The van der Waals surface area contributed by atoms with Crippen molar-refractivity contribution >= 4 is 24.4 Å². The number of ether oxygens (including phenoxy) is 1. The number of aryl methyl sites for hydroxylation is 1. The van der Waals surface area contributed by atoms with Crippen molar-refractivity contribution in [1.29, 1.82) is 0 Å². The van der Waals surface area contributed by atoms with Gasteiger partial charge in [0.05, 0.1) is 18.1 Å². The highest BCUT2D eigenvalue weighted by molar-refractivity contribution is 7.00. The van der Waals surface area contributed by atoms with Gasteiger partial charge in [-0.25, -0.2) is 0 Å². The van der Waals surface area contributed by atoms with E-state index in [4.69, 9.17) is 9.16 Å². The van der Waals surface area contributed by atoms with Gasteiger partial charge < -0.3 is 14.3 Å².